The number of aliphatic hydroxyl groups is 1. The van der Waals surface area contributed by atoms with E-state index < -0.39 is 17.0 Å². The molecular formula is C16H21NO3. The lowest BCUT2D eigenvalue weighted by atomic mass is 9.85. The van der Waals surface area contributed by atoms with Gasteiger partial charge in [0, 0.05) is 6.08 Å². The SMILES string of the molecule is C[C@@](O)(/C=C/C(=C\C(=O)O)C1CCCC1)C1(C#N)CC1. The minimum absolute atomic E-state index is 0.260. The summed E-state index contributed by atoms with van der Waals surface area (Å²) in [5.74, 6) is -0.701. The van der Waals surface area contributed by atoms with Crippen LogP contribution in [0, 0.1) is 22.7 Å². The Balaban J connectivity index is 2.17. The molecule has 1 atom stereocenters. The number of aliphatic carboxylic acids is 1. The first-order chi connectivity index (χ1) is 9.40. The second kappa shape index (κ2) is 5.41. The van der Waals surface area contributed by atoms with E-state index in [1.54, 1.807) is 19.1 Å². The summed E-state index contributed by atoms with van der Waals surface area (Å²) in [6.07, 6.45) is 10.2. The van der Waals surface area contributed by atoms with Crippen molar-refractivity contribution < 1.29 is 15.0 Å². The zero-order chi connectivity index (χ0) is 14.8. The van der Waals surface area contributed by atoms with Gasteiger partial charge < -0.3 is 10.2 Å². The fraction of sp³-hybridized carbons (Fsp3) is 0.625. The maximum absolute atomic E-state index is 10.9. The third kappa shape index (κ3) is 2.94. The molecule has 0 aromatic heterocycles. The van der Waals surface area contributed by atoms with Crippen molar-refractivity contribution in [2.75, 3.05) is 0 Å². The van der Waals surface area contributed by atoms with E-state index in [0.717, 1.165) is 31.3 Å². The van der Waals surface area contributed by atoms with Crippen molar-refractivity contribution in [1.29, 1.82) is 5.26 Å². The molecule has 0 unspecified atom stereocenters. The smallest absolute Gasteiger partial charge is 0.328 e. The predicted octanol–water partition coefficient (Wildman–Crippen LogP) is 2.80. The molecule has 2 aliphatic carbocycles. The van der Waals surface area contributed by atoms with E-state index in [1.165, 1.54) is 6.08 Å². The number of nitrogens with zero attached hydrogens (tertiary/aromatic N) is 1. The molecule has 2 fully saturated rings. The molecule has 2 rings (SSSR count). The normalized spacial score (nSPS) is 25.4. The Morgan fingerprint density at radius 2 is 2.00 bits per heavy atom. The summed E-state index contributed by atoms with van der Waals surface area (Å²) in [5, 5.41) is 28.6. The quantitative estimate of drug-likeness (QED) is 0.597. The van der Waals surface area contributed by atoms with Crippen LogP contribution in [0.25, 0.3) is 0 Å². The molecule has 108 valence electrons. The van der Waals surface area contributed by atoms with Gasteiger partial charge in [-0.15, -0.1) is 0 Å². The van der Waals surface area contributed by atoms with Gasteiger partial charge in [-0.05, 0) is 44.1 Å². The van der Waals surface area contributed by atoms with Crippen LogP contribution in [0.15, 0.2) is 23.8 Å². The van der Waals surface area contributed by atoms with Crippen LogP contribution in [0.5, 0.6) is 0 Å². The van der Waals surface area contributed by atoms with Crippen LogP contribution >= 0.6 is 0 Å². The highest BCUT2D eigenvalue weighted by Gasteiger charge is 2.55. The third-order valence-corrected chi connectivity index (χ3v) is 4.65. The largest absolute Gasteiger partial charge is 0.478 e. The number of carboxylic acids is 1. The van der Waals surface area contributed by atoms with Crippen molar-refractivity contribution in [3.63, 3.8) is 0 Å². The maximum Gasteiger partial charge on any atom is 0.328 e. The summed E-state index contributed by atoms with van der Waals surface area (Å²) < 4.78 is 0. The van der Waals surface area contributed by atoms with E-state index in [1.807, 2.05) is 0 Å². The molecule has 0 amide bonds. The van der Waals surface area contributed by atoms with Crippen molar-refractivity contribution in [3.05, 3.63) is 23.8 Å². The van der Waals surface area contributed by atoms with Crippen LogP contribution in [-0.4, -0.2) is 21.8 Å². The lowest BCUT2D eigenvalue weighted by Gasteiger charge is -2.25. The van der Waals surface area contributed by atoms with Crippen molar-refractivity contribution in [3.8, 4) is 6.07 Å². The fourth-order valence-electron chi connectivity index (χ4n) is 2.98. The van der Waals surface area contributed by atoms with Gasteiger partial charge >= 0.3 is 5.97 Å². The summed E-state index contributed by atoms with van der Waals surface area (Å²) >= 11 is 0. The third-order valence-electron chi connectivity index (χ3n) is 4.65. The number of carboxylic acid groups (broad SMARTS) is 1. The number of hydrogen-bond acceptors (Lipinski definition) is 3. The summed E-state index contributed by atoms with van der Waals surface area (Å²) in [5.41, 5.74) is -1.13. The van der Waals surface area contributed by atoms with E-state index in [-0.39, 0.29) is 5.92 Å². The standard InChI is InChI=1S/C16H21NO3/c1-15(20,16(11-17)8-9-16)7-6-13(10-14(18)19)12-4-2-3-5-12/h6-7,10,12,20H,2-5,8-9H2,1H3,(H,18,19)/b7-6+,13-10+/t15-/m1/s1. The van der Waals surface area contributed by atoms with Gasteiger partial charge in [-0.1, -0.05) is 25.0 Å². The molecular weight excluding hydrogens is 254 g/mol. The lowest BCUT2D eigenvalue weighted by Crippen LogP contribution is -2.33. The van der Waals surface area contributed by atoms with Crippen LogP contribution in [0.3, 0.4) is 0 Å². The first-order valence-electron chi connectivity index (χ1n) is 7.18. The molecule has 0 radical (unpaired) electrons. The van der Waals surface area contributed by atoms with Gasteiger partial charge in [0.15, 0.2) is 0 Å². The van der Waals surface area contributed by atoms with Crippen LogP contribution < -0.4 is 0 Å². The van der Waals surface area contributed by atoms with Gasteiger partial charge in [-0.25, -0.2) is 4.79 Å². The predicted molar refractivity (Wildman–Crippen MR) is 74.7 cm³/mol. The van der Waals surface area contributed by atoms with Crippen molar-refractivity contribution in [1.82, 2.24) is 0 Å². The number of allylic oxidation sites excluding steroid dienone is 2. The van der Waals surface area contributed by atoms with Gasteiger partial charge in [0.25, 0.3) is 0 Å². The molecule has 0 aromatic carbocycles. The monoisotopic (exact) mass is 275 g/mol. The van der Waals surface area contributed by atoms with E-state index in [0.29, 0.717) is 12.8 Å². The highest BCUT2D eigenvalue weighted by molar-refractivity contribution is 5.81. The minimum Gasteiger partial charge on any atom is -0.478 e. The summed E-state index contributed by atoms with van der Waals surface area (Å²) in [7, 11) is 0. The average molecular weight is 275 g/mol. The Bertz CT molecular complexity index is 486. The molecule has 20 heavy (non-hydrogen) atoms. The second-order valence-electron chi connectivity index (χ2n) is 6.14. The number of rotatable bonds is 5. The minimum atomic E-state index is -1.20. The van der Waals surface area contributed by atoms with Gasteiger partial charge in [0.1, 0.15) is 0 Å². The van der Waals surface area contributed by atoms with E-state index in [2.05, 4.69) is 6.07 Å². The maximum atomic E-state index is 10.9. The second-order valence-corrected chi connectivity index (χ2v) is 6.14. The molecule has 0 heterocycles. The zero-order valence-corrected chi connectivity index (χ0v) is 11.8. The molecule has 4 heteroatoms. The molecule has 2 N–H and O–H groups in total. The molecule has 0 saturated heterocycles. The summed E-state index contributed by atoms with van der Waals surface area (Å²) in [6, 6.07) is 2.19. The Labute approximate surface area is 119 Å². The van der Waals surface area contributed by atoms with Crippen LogP contribution in [0.1, 0.15) is 45.4 Å². The Morgan fingerprint density at radius 1 is 1.40 bits per heavy atom. The van der Waals surface area contributed by atoms with Gasteiger partial charge in [0.05, 0.1) is 17.1 Å². The number of carbonyl (C=O) groups is 1. The van der Waals surface area contributed by atoms with Crippen LogP contribution in [-0.2, 0) is 4.79 Å². The van der Waals surface area contributed by atoms with Gasteiger partial charge in [-0.3, -0.25) is 0 Å². The van der Waals surface area contributed by atoms with Crippen LogP contribution in [0.4, 0.5) is 0 Å². The van der Waals surface area contributed by atoms with Crippen molar-refractivity contribution in [2.24, 2.45) is 11.3 Å². The van der Waals surface area contributed by atoms with Gasteiger partial charge in [-0.2, -0.15) is 5.26 Å². The zero-order valence-electron chi connectivity index (χ0n) is 11.8. The lowest BCUT2D eigenvalue weighted by molar-refractivity contribution is -0.131. The molecule has 0 spiro atoms. The van der Waals surface area contributed by atoms with E-state index in [9.17, 15) is 9.90 Å². The number of nitriles is 1. The van der Waals surface area contributed by atoms with Crippen molar-refractivity contribution >= 4 is 5.97 Å². The summed E-state index contributed by atoms with van der Waals surface area (Å²) in [6.45, 7) is 1.63. The van der Waals surface area contributed by atoms with Crippen molar-refractivity contribution in [2.45, 2.75) is 51.0 Å². The highest BCUT2D eigenvalue weighted by atomic mass is 16.4. The Hall–Kier alpha value is -1.60. The molecule has 0 bridgehead atoms. The average Bonchev–Trinajstić information content (AvgIpc) is 3.02. The molecule has 4 nitrogen and oxygen atoms in total. The van der Waals surface area contributed by atoms with Gasteiger partial charge in [0.2, 0.25) is 0 Å². The van der Waals surface area contributed by atoms with E-state index >= 15 is 0 Å². The highest BCUT2D eigenvalue weighted by Crippen LogP contribution is 2.54. The number of hydrogen-bond donors (Lipinski definition) is 2. The first-order valence-corrected chi connectivity index (χ1v) is 7.18. The fourth-order valence-corrected chi connectivity index (χ4v) is 2.98. The molecule has 2 aliphatic rings. The van der Waals surface area contributed by atoms with E-state index in [4.69, 9.17) is 10.4 Å². The topological polar surface area (TPSA) is 81.3 Å². The molecule has 0 aromatic rings. The Morgan fingerprint density at radius 3 is 2.45 bits per heavy atom. The summed E-state index contributed by atoms with van der Waals surface area (Å²) in [4.78, 5) is 10.9. The Kier molecular flexibility index (Phi) is 4.01. The molecule has 0 aliphatic heterocycles. The van der Waals surface area contributed by atoms with Crippen LogP contribution in [0.2, 0.25) is 0 Å². The molecule has 2 saturated carbocycles. The first kappa shape index (κ1) is 14.8.